The van der Waals surface area contributed by atoms with Crippen molar-refractivity contribution >= 4 is 44.6 Å². The number of morpholine rings is 1. The zero-order valence-corrected chi connectivity index (χ0v) is 16.4. The lowest BCUT2D eigenvalue weighted by atomic mass is 10.1. The Bertz CT molecular complexity index is 1140. The topological polar surface area (TPSA) is 83.9 Å². The number of hydrogen-bond acceptors (Lipinski definition) is 7. The molecule has 29 heavy (non-hydrogen) atoms. The van der Waals surface area contributed by atoms with Crippen molar-refractivity contribution in [1.29, 1.82) is 0 Å². The van der Waals surface area contributed by atoms with Crippen LogP contribution >= 0.6 is 11.3 Å². The van der Waals surface area contributed by atoms with Crippen LogP contribution in [0.25, 0.3) is 10.8 Å². The number of thiazole rings is 1. The van der Waals surface area contributed by atoms with E-state index in [4.69, 9.17) is 4.74 Å². The van der Waals surface area contributed by atoms with Crippen LogP contribution < -0.4 is 10.3 Å². The molecule has 0 unspecified atom stereocenters. The van der Waals surface area contributed by atoms with Gasteiger partial charge in [-0.1, -0.05) is 36.4 Å². The summed E-state index contributed by atoms with van der Waals surface area (Å²) >= 11 is 1.52. The number of carbonyl (C=O) groups excluding carboxylic acids is 2. The molecule has 1 N–H and O–H groups in total. The fraction of sp³-hybridized carbons (Fsp3) is 0.238. The van der Waals surface area contributed by atoms with Crippen LogP contribution in [0.4, 0.5) is 5.13 Å². The van der Waals surface area contributed by atoms with Gasteiger partial charge in [-0.25, -0.2) is 10.4 Å². The van der Waals surface area contributed by atoms with Crippen LogP contribution in [0.5, 0.6) is 0 Å². The third-order valence-corrected chi connectivity index (χ3v) is 6.03. The van der Waals surface area contributed by atoms with Crippen LogP contribution in [-0.2, 0) is 16.0 Å². The maximum atomic E-state index is 12.7. The summed E-state index contributed by atoms with van der Waals surface area (Å²) in [5.74, 6) is -0.465. The summed E-state index contributed by atoms with van der Waals surface area (Å²) in [6.45, 7) is 2.99. The van der Waals surface area contributed by atoms with Gasteiger partial charge in [0.2, 0.25) is 11.7 Å². The molecular formula is C21H18N4O3S. The highest BCUT2D eigenvalue weighted by molar-refractivity contribution is 7.13. The number of rotatable bonds is 4. The van der Waals surface area contributed by atoms with Gasteiger partial charge in [-0.3, -0.25) is 9.59 Å². The Morgan fingerprint density at radius 2 is 1.93 bits per heavy atom. The van der Waals surface area contributed by atoms with E-state index in [0.29, 0.717) is 24.5 Å². The Labute approximate surface area is 171 Å². The zero-order chi connectivity index (χ0) is 19.8. The van der Waals surface area contributed by atoms with E-state index in [1.165, 1.54) is 11.3 Å². The Morgan fingerprint density at radius 1 is 1.17 bits per heavy atom. The molecule has 0 atom stereocenters. The summed E-state index contributed by atoms with van der Waals surface area (Å²) in [5.41, 5.74) is 4.88. The molecule has 1 aliphatic carbocycles. The smallest absolute Gasteiger partial charge is 0.246 e. The van der Waals surface area contributed by atoms with Gasteiger partial charge in [0.05, 0.1) is 25.3 Å². The standard InChI is InChI=1S/C21H18N4O3S/c26-17(11-14-12-29-21(22-14)25-7-9-28-10-8-25)23-24-19-15-5-1-3-13-4-2-6-16(18(13)15)20(19)27/h1-6,12H,7-11H2,(H,23,26)/b24-19+. The molecule has 0 saturated carbocycles. The molecule has 3 aromatic rings. The van der Waals surface area contributed by atoms with Crippen LogP contribution in [0, 0.1) is 0 Å². The summed E-state index contributed by atoms with van der Waals surface area (Å²) in [7, 11) is 0. The van der Waals surface area contributed by atoms with E-state index in [1.54, 1.807) is 6.07 Å². The number of Topliss-reactive ketones (excluding diaryl/α,β-unsaturated/α-hetero) is 1. The molecule has 8 heteroatoms. The second-order valence-corrected chi connectivity index (χ2v) is 7.77. The molecule has 7 nitrogen and oxygen atoms in total. The number of hydrazone groups is 1. The highest BCUT2D eigenvalue weighted by Crippen LogP contribution is 2.30. The normalized spacial score (nSPS) is 17.3. The van der Waals surface area contributed by atoms with Crippen molar-refractivity contribution in [3.63, 3.8) is 0 Å². The van der Waals surface area contributed by atoms with Gasteiger partial charge in [-0.2, -0.15) is 5.10 Å². The average molecular weight is 406 g/mol. The van der Waals surface area contributed by atoms with Gasteiger partial charge in [0.1, 0.15) is 5.71 Å². The number of amides is 1. The minimum Gasteiger partial charge on any atom is -0.378 e. The van der Waals surface area contributed by atoms with Crippen molar-refractivity contribution in [1.82, 2.24) is 10.4 Å². The molecule has 0 spiro atoms. The van der Waals surface area contributed by atoms with Gasteiger partial charge < -0.3 is 9.64 Å². The predicted octanol–water partition coefficient (Wildman–Crippen LogP) is 2.39. The largest absolute Gasteiger partial charge is 0.378 e. The number of ether oxygens (including phenoxy) is 1. The first-order chi connectivity index (χ1) is 14.2. The number of anilines is 1. The average Bonchev–Trinajstić information content (AvgIpc) is 3.32. The van der Waals surface area contributed by atoms with E-state index in [2.05, 4.69) is 20.4 Å². The molecule has 1 amide bonds. The second-order valence-electron chi connectivity index (χ2n) is 6.93. The summed E-state index contributed by atoms with van der Waals surface area (Å²) in [6, 6.07) is 11.3. The first kappa shape index (κ1) is 18.0. The highest BCUT2D eigenvalue weighted by atomic mass is 32.1. The third kappa shape index (κ3) is 3.30. The molecular weight excluding hydrogens is 388 g/mol. The van der Waals surface area contributed by atoms with E-state index in [-0.39, 0.29) is 23.8 Å². The summed E-state index contributed by atoms with van der Waals surface area (Å²) in [5, 5.41) is 8.82. The van der Waals surface area contributed by atoms with Gasteiger partial charge in [0, 0.05) is 35.0 Å². The van der Waals surface area contributed by atoms with E-state index < -0.39 is 0 Å². The number of nitrogens with one attached hydrogen (secondary N) is 1. The van der Waals surface area contributed by atoms with Gasteiger partial charge in [0.15, 0.2) is 5.13 Å². The van der Waals surface area contributed by atoms with Crippen LogP contribution in [0.15, 0.2) is 46.9 Å². The number of benzene rings is 2. The van der Waals surface area contributed by atoms with Crippen LogP contribution in [-0.4, -0.2) is 48.7 Å². The molecule has 1 aliphatic heterocycles. The number of hydrogen-bond donors (Lipinski definition) is 1. The van der Waals surface area contributed by atoms with E-state index >= 15 is 0 Å². The van der Waals surface area contributed by atoms with Crippen LogP contribution in [0.3, 0.4) is 0 Å². The van der Waals surface area contributed by atoms with Crippen molar-refractivity contribution in [3.05, 3.63) is 58.6 Å². The fourth-order valence-corrected chi connectivity index (χ4v) is 4.57. The second kappa shape index (κ2) is 7.38. The number of nitrogens with zero attached hydrogens (tertiary/aromatic N) is 3. The Balaban J connectivity index is 1.30. The molecule has 2 heterocycles. The van der Waals surface area contributed by atoms with Crippen molar-refractivity contribution in [2.24, 2.45) is 5.10 Å². The summed E-state index contributed by atoms with van der Waals surface area (Å²) < 4.78 is 5.35. The third-order valence-electron chi connectivity index (χ3n) is 5.07. The first-order valence-electron chi connectivity index (χ1n) is 9.41. The highest BCUT2D eigenvalue weighted by Gasteiger charge is 2.29. The molecule has 2 aliphatic rings. The molecule has 5 rings (SSSR count). The van der Waals surface area contributed by atoms with E-state index in [1.807, 2.05) is 35.7 Å². The Morgan fingerprint density at radius 3 is 2.72 bits per heavy atom. The molecule has 2 aromatic carbocycles. The molecule has 0 bridgehead atoms. The lowest BCUT2D eigenvalue weighted by Gasteiger charge is -2.26. The van der Waals surface area contributed by atoms with Crippen molar-refractivity contribution < 1.29 is 14.3 Å². The SMILES string of the molecule is O=C(Cc1csc(N2CCOCC2)n1)N/N=C1/C(=O)c2cccc3cccc1c23. The number of ketones is 1. The monoisotopic (exact) mass is 406 g/mol. The maximum absolute atomic E-state index is 12.7. The van der Waals surface area contributed by atoms with Gasteiger partial charge >= 0.3 is 0 Å². The van der Waals surface area contributed by atoms with Crippen molar-refractivity contribution in [2.75, 3.05) is 31.2 Å². The zero-order valence-electron chi connectivity index (χ0n) is 15.6. The Kier molecular flexibility index (Phi) is 4.57. The summed E-state index contributed by atoms with van der Waals surface area (Å²) in [4.78, 5) is 31.8. The number of carbonyl (C=O) groups is 2. The molecule has 0 radical (unpaired) electrons. The maximum Gasteiger partial charge on any atom is 0.246 e. The Hall–Kier alpha value is -3.10. The van der Waals surface area contributed by atoms with Crippen LogP contribution in [0.1, 0.15) is 21.6 Å². The lowest BCUT2D eigenvalue weighted by Crippen LogP contribution is -2.36. The lowest BCUT2D eigenvalue weighted by molar-refractivity contribution is -0.120. The predicted molar refractivity (Wildman–Crippen MR) is 112 cm³/mol. The van der Waals surface area contributed by atoms with Crippen LogP contribution in [0.2, 0.25) is 0 Å². The molecule has 146 valence electrons. The van der Waals surface area contributed by atoms with E-state index in [0.717, 1.165) is 34.6 Å². The quantitative estimate of drug-likeness (QED) is 0.673. The van der Waals surface area contributed by atoms with Gasteiger partial charge in [-0.05, 0) is 5.39 Å². The van der Waals surface area contributed by atoms with Gasteiger partial charge in [-0.15, -0.1) is 11.3 Å². The fourth-order valence-electron chi connectivity index (χ4n) is 3.69. The first-order valence-corrected chi connectivity index (χ1v) is 10.3. The van der Waals surface area contributed by atoms with E-state index in [9.17, 15) is 9.59 Å². The molecule has 1 fully saturated rings. The number of aromatic nitrogens is 1. The molecule has 1 saturated heterocycles. The minimum atomic E-state index is -0.299. The van der Waals surface area contributed by atoms with Crippen molar-refractivity contribution in [2.45, 2.75) is 6.42 Å². The summed E-state index contributed by atoms with van der Waals surface area (Å²) in [6.07, 6.45) is 0.114. The van der Waals surface area contributed by atoms with Crippen molar-refractivity contribution in [3.8, 4) is 0 Å². The minimum absolute atomic E-state index is 0.114. The molecule has 1 aromatic heterocycles. The van der Waals surface area contributed by atoms with Gasteiger partial charge in [0.25, 0.3) is 0 Å².